The average Bonchev–Trinajstić information content (AvgIpc) is 2.78. The summed E-state index contributed by atoms with van der Waals surface area (Å²) < 4.78 is 1.10. The summed E-state index contributed by atoms with van der Waals surface area (Å²) in [6.45, 7) is 2.03. The zero-order chi connectivity index (χ0) is 9.59. The molecule has 1 heterocycles. The van der Waals surface area contributed by atoms with Crippen molar-refractivity contribution in [3.63, 3.8) is 0 Å². The van der Waals surface area contributed by atoms with Gasteiger partial charge in [0.25, 0.3) is 0 Å². The second kappa shape index (κ2) is 3.10. The number of aliphatic carboxylic acids is 1. The Morgan fingerprint density at radius 3 is 2.85 bits per heavy atom. The second-order valence-electron chi connectivity index (χ2n) is 3.38. The molecular formula is C9H9BrO2S. The first kappa shape index (κ1) is 9.21. The number of hydrogen-bond donors (Lipinski definition) is 1. The SMILES string of the molecule is Cc1csc(C2CC2C(=O)O)c1Br. The van der Waals surface area contributed by atoms with Crippen LogP contribution in [0.1, 0.15) is 22.8 Å². The molecule has 1 aromatic rings. The van der Waals surface area contributed by atoms with E-state index in [1.165, 1.54) is 10.4 Å². The van der Waals surface area contributed by atoms with Gasteiger partial charge in [-0.1, -0.05) is 0 Å². The number of halogens is 1. The largest absolute Gasteiger partial charge is 0.481 e. The van der Waals surface area contributed by atoms with Crippen LogP contribution in [0.15, 0.2) is 9.85 Å². The molecule has 0 saturated heterocycles. The van der Waals surface area contributed by atoms with E-state index in [0.717, 1.165) is 10.9 Å². The van der Waals surface area contributed by atoms with E-state index in [1.54, 1.807) is 11.3 Å². The third kappa shape index (κ3) is 1.53. The van der Waals surface area contributed by atoms with Crippen LogP contribution in [-0.2, 0) is 4.79 Å². The van der Waals surface area contributed by atoms with Gasteiger partial charge in [-0.2, -0.15) is 0 Å². The number of carbonyl (C=O) groups is 1. The van der Waals surface area contributed by atoms with Gasteiger partial charge in [-0.3, -0.25) is 4.79 Å². The summed E-state index contributed by atoms with van der Waals surface area (Å²) in [4.78, 5) is 11.9. The molecule has 2 rings (SSSR count). The molecule has 4 heteroatoms. The molecule has 1 saturated carbocycles. The maximum atomic E-state index is 10.7. The minimum absolute atomic E-state index is 0.144. The van der Waals surface area contributed by atoms with Crippen LogP contribution in [-0.4, -0.2) is 11.1 Å². The number of aryl methyl sites for hydroxylation is 1. The molecule has 0 amide bonds. The zero-order valence-electron chi connectivity index (χ0n) is 7.08. The summed E-state index contributed by atoms with van der Waals surface area (Å²) >= 11 is 5.14. The van der Waals surface area contributed by atoms with Crippen LogP contribution in [0, 0.1) is 12.8 Å². The molecule has 2 atom stereocenters. The lowest BCUT2D eigenvalue weighted by Crippen LogP contribution is -1.98. The van der Waals surface area contributed by atoms with Gasteiger partial charge in [-0.25, -0.2) is 0 Å². The maximum absolute atomic E-state index is 10.7. The predicted molar refractivity (Wildman–Crippen MR) is 55.2 cm³/mol. The van der Waals surface area contributed by atoms with Crippen molar-refractivity contribution < 1.29 is 9.90 Å². The normalized spacial score (nSPS) is 26.0. The van der Waals surface area contributed by atoms with Crippen molar-refractivity contribution in [1.82, 2.24) is 0 Å². The molecular weight excluding hydrogens is 252 g/mol. The smallest absolute Gasteiger partial charge is 0.307 e. The number of rotatable bonds is 2. The van der Waals surface area contributed by atoms with Crippen molar-refractivity contribution in [2.75, 3.05) is 0 Å². The van der Waals surface area contributed by atoms with Crippen LogP contribution in [0.2, 0.25) is 0 Å². The van der Waals surface area contributed by atoms with E-state index < -0.39 is 5.97 Å². The Balaban J connectivity index is 2.20. The fraction of sp³-hybridized carbons (Fsp3) is 0.444. The number of carboxylic acids is 1. The Bertz CT molecular complexity index is 358. The number of carboxylic acid groups (broad SMARTS) is 1. The Hall–Kier alpha value is -0.350. The highest BCUT2D eigenvalue weighted by molar-refractivity contribution is 9.10. The van der Waals surface area contributed by atoms with E-state index in [4.69, 9.17) is 5.11 Å². The van der Waals surface area contributed by atoms with Crippen LogP contribution in [0.3, 0.4) is 0 Å². The lowest BCUT2D eigenvalue weighted by molar-refractivity contribution is -0.138. The quantitative estimate of drug-likeness (QED) is 0.888. The van der Waals surface area contributed by atoms with Crippen LogP contribution in [0.4, 0.5) is 0 Å². The van der Waals surface area contributed by atoms with Crippen LogP contribution in [0.25, 0.3) is 0 Å². The van der Waals surface area contributed by atoms with E-state index in [9.17, 15) is 4.79 Å². The molecule has 1 aliphatic carbocycles. The van der Waals surface area contributed by atoms with Gasteiger partial charge in [0.05, 0.1) is 5.92 Å². The summed E-state index contributed by atoms with van der Waals surface area (Å²) in [5.74, 6) is -0.553. The molecule has 2 unspecified atom stereocenters. The molecule has 1 fully saturated rings. The van der Waals surface area contributed by atoms with E-state index >= 15 is 0 Å². The molecule has 0 spiro atoms. The van der Waals surface area contributed by atoms with Gasteiger partial charge in [-0.05, 0) is 40.2 Å². The van der Waals surface area contributed by atoms with Crippen molar-refractivity contribution in [3.8, 4) is 0 Å². The Kier molecular flexibility index (Phi) is 2.20. The molecule has 1 aliphatic rings. The third-order valence-electron chi connectivity index (χ3n) is 2.37. The van der Waals surface area contributed by atoms with Gasteiger partial charge in [0.15, 0.2) is 0 Å². The highest BCUT2D eigenvalue weighted by Gasteiger charge is 2.45. The molecule has 0 aliphatic heterocycles. The lowest BCUT2D eigenvalue weighted by atomic mass is 10.2. The van der Waals surface area contributed by atoms with E-state index in [0.29, 0.717) is 0 Å². The van der Waals surface area contributed by atoms with Gasteiger partial charge in [0, 0.05) is 15.3 Å². The summed E-state index contributed by atoms with van der Waals surface area (Å²) in [5, 5.41) is 10.8. The van der Waals surface area contributed by atoms with E-state index in [1.807, 2.05) is 6.92 Å². The average molecular weight is 261 g/mol. The molecule has 1 N–H and O–H groups in total. The number of hydrogen-bond acceptors (Lipinski definition) is 2. The van der Waals surface area contributed by atoms with Gasteiger partial charge in [0.2, 0.25) is 0 Å². The van der Waals surface area contributed by atoms with Gasteiger partial charge >= 0.3 is 5.97 Å². The predicted octanol–water partition coefficient (Wildman–Crippen LogP) is 3.01. The molecule has 13 heavy (non-hydrogen) atoms. The highest BCUT2D eigenvalue weighted by Crippen LogP contribution is 2.52. The fourth-order valence-electron chi connectivity index (χ4n) is 1.46. The monoisotopic (exact) mass is 260 g/mol. The van der Waals surface area contributed by atoms with E-state index in [2.05, 4.69) is 21.3 Å². The summed E-state index contributed by atoms with van der Waals surface area (Å²) in [6, 6.07) is 0. The zero-order valence-corrected chi connectivity index (χ0v) is 9.48. The van der Waals surface area contributed by atoms with Crippen molar-refractivity contribution in [2.24, 2.45) is 5.92 Å². The molecule has 2 nitrogen and oxygen atoms in total. The van der Waals surface area contributed by atoms with Crippen molar-refractivity contribution in [2.45, 2.75) is 19.3 Å². The van der Waals surface area contributed by atoms with Crippen molar-refractivity contribution in [3.05, 3.63) is 20.3 Å². The molecule has 0 aromatic carbocycles. The topological polar surface area (TPSA) is 37.3 Å². The minimum atomic E-state index is -0.664. The first-order valence-electron chi connectivity index (χ1n) is 4.07. The molecule has 0 bridgehead atoms. The fourth-order valence-corrected chi connectivity index (χ4v) is 3.42. The first-order valence-corrected chi connectivity index (χ1v) is 5.75. The van der Waals surface area contributed by atoms with Gasteiger partial charge in [0.1, 0.15) is 0 Å². The van der Waals surface area contributed by atoms with Crippen LogP contribution >= 0.6 is 27.3 Å². The van der Waals surface area contributed by atoms with Crippen molar-refractivity contribution in [1.29, 1.82) is 0 Å². The van der Waals surface area contributed by atoms with Gasteiger partial charge in [-0.15, -0.1) is 11.3 Å². The van der Waals surface area contributed by atoms with Crippen LogP contribution < -0.4 is 0 Å². The molecule has 0 radical (unpaired) electrons. The summed E-state index contributed by atoms with van der Waals surface area (Å²) in [6.07, 6.45) is 0.799. The second-order valence-corrected chi connectivity index (χ2v) is 5.09. The van der Waals surface area contributed by atoms with Crippen LogP contribution in [0.5, 0.6) is 0 Å². The molecule has 1 aromatic heterocycles. The molecule has 70 valence electrons. The maximum Gasteiger partial charge on any atom is 0.307 e. The minimum Gasteiger partial charge on any atom is -0.481 e. The lowest BCUT2D eigenvalue weighted by Gasteiger charge is -1.94. The van der Waals surface area contributed by atoms with Crippen molar-refractivity contribution >= 4 is 33.2 Å². The van der Waals surface area contributed by atoms with Gasteiger partial charge < -0.3 is 5.11 Å². The Morgan fingerprint density at radius 2 is 2.46 bits per heavy atom. The number of thiophene rings is 1. The Labute approximate surface area is 88.7 Å². The first-order chi connectivity index (χ1) is 6.11. The highest BCUT2D eigenvalue weighted by atomic mass is 79.9. The van der Waals surface area contributed by atoms with E-state index in [-0.39, 0.29) is 11.8 Å². The summed E-state index contributed by atoms with van der Waals surface area (Å²) in [7, 11) is 0. The Morgan fingerprint density at radius 1 is 1.77 bits per heavy atom. The standard InChI is InChI=1S/C9H9BrO2S/c1-4-3-13-8(7(4)10)5-2-6(5)9(11)12/h3,5-6H,2H2,1H3,(H,11,12). The third-order valence-corrected chi connectivity index (χ3v) is 4.92. The summed E-state index contributed by atoms with van der Waals surface area (Å²) in [5.41, 5.74) is 1.20.